The highest BCUT2D eigenvalue weighted by Gasteiger charge is 2.36. The monoisotopic (exact) mass is 382 g/mol. The lowest BCUT2D eigenvalue weighted by atomic mass is 10.0. The van der Waals surface area contributed by atoms with Crippen molar-refractivity contribution >= 4 is 12.0 Å². The Labute approximate surface area is 164 Å². The molecular weight excluding hydrogens is 356 g/mol. The number of carbonyl (C=O) groups is 2. The molecule has 2 aromatic rings. The zero-order valence-corrected chi connectivity index (χ0v) is 16.6. The van der Waals surface area contributed by atoms with Gasteiger partial charge in [-0.05, 0) is 18.4 Å². The molecule has 2 atom stereocenters. The number of ether oxygens (including phenoxy) is 1. The van der Waals surface area contributed by atoms with Crippen molar-refractivity contribution in [2.75, 3.05) is 13.7 Å². The van der Waals surface area contributed by atoms with Crippen molar-refractivity contribution in [3.8, 4) is 11.3 Å². The lowest BCUT2D eigenvalue weighted by molar-refractivity contribution is -0.135. The van der Waals surface area contributed by atoms with Gasteiger partial charge in [-0.3, -0.25) is 4.79 Å². The summed E-state index contributed by atoms with van der Waals surface area (Å²) in [6.07, 6.45) is 3.19. The zero-order valence-electron chi connectivity index (χ0n) is 16.6. The Kier molecular flexibility index (Phi) is 5.82. The molecule has 28 heavy (non-hydrogen) atoms. The van der Waals surface area contributed by atoms with Crippen molar-refractivity contribution < 1.29 is 14.3 Å². The average molecular weight is 382 g/mol. The van der Waals surface area contributed by atoms with Crippen LogP contribution in [-0.2, 0) is 9.53 Å². The highest BCUT2D eigenvalue weighted by molar-refractivity contribution is 5.87. The number of nitrogens with zero attached hydrogens (tertiary/aromatic N) is 2. The molecule has 1 aliphatic heterocycles. The van der Waals surface area contributed by atoms with Gasteiger partial charge >= 0.3 is 6.09 Å². The van der Waals surface area contributed by atoms with E-state index in [0.29, 0.717) is 12.4 Å². The van der Waals surface area contributed by atoms with Crippen LogP contribution in [0.25, 0.3) is 11.3 Å². The average Bonchev–Trinajstić information content (AvgIpc) is 3.32. The number of benzene rings is 1. The van der Waals surface area contributed by atoms with Crippen LogP contribution >= 0.6 is 0 Å². The first-order valence-electron chi connectivity index (χ1n) is 9.33. The largest absolute Gasteiger partial charge is 0.453 e. The normalized spacial score (nSPS) is 17.4. The lowest BCUT2D eigenvalue weighted by Gasteiger charge is -2.30. The molecule has 7 nitrogen and oxygen atoms in total. The molecule has 0 saturated carbocycles. The van der Waals surface area contributed by atoms with Crippen LogP contribution in [0.4, 0.5) is 4.79 Å². The van der Waals surface area contributed by atoms with Crippen LogP contribution in [0.3, 0.4) is 0 Å². The van der Waals surface area contributed by atoms with Gasteiger partial charge < -0.3 is 19.9 Å². The fourth-order valence-electron chi connectivity index (χ4n) is 3.35. The molecule has 0 bridgehead atoms. The smallest absolute Gasteiger partial charge is 0.407 e. The molecule has 1 aromatic heterocycles. The minimum Gasteiger partial charge on any atom is -0.453 e. The number of rotatable bonds is 5. The lowest BCUT2D eigenvalue weighted by Crippen LogP contribution is -2.51. The SMILES string of the molecule is COC(=O)N[C@H](C(=O)N1CC(C)=C[C@H]1c1ncc(-c2ccccc2)[nH]1)C(C)C. The summed E-state index contributed by atoms with van der Waals surface area (Å²) in [5.41, 5.74) is 3.01. The number of aromatic amines is 1. The predicted octanol–water partition coefficient (Wildman–Crippen LogP) is 3.29. The van der Waals surface area contributed by atoms with E-state index in [1.54, 1.807) is 11.1 Å². The molecular formula is C21H26N4O3. The summed E-state index contributed by atoms with van der Waals surface area (Å²) >= 11 is 0. The first-order valence-corrected chi connectivity index (χ1v) is 9.33. The van der Waals surface area contributed by atoms with E-state index in [-0.39, 0.29) is 17.9 Å². The molecule has 2 amide bonds. The molecule has 0 radical (unpaired) electrons. The first-order chi connectivity index (χ1) is 13.4. The molecule has 1 aromatic carbocycles. The third kappa shape index (κ3) is 4.08. The summed E-state index contributed by atoms with van der Waals surface area (Å²) in [6, 6.07) is 8.94. The van der Waals surface area contributed by atoms with Crippen LogP contribution < -0.4 is 5.32 Å². The maximum atomic E-state index is 13.2. The quantitative estimate of drug-likeness (QED) is 0.777. The Bertz CT molecular complexity index is 873. The van der Waals surface area contributed by atoms with E-state index in [4.69, 9.17) is 0 Å². The van der Waals surface area contributed by atoms with Gasteiger partial charge in [-0.15, -0.1) is 0 Å². The van der Waals surface area contributed by atoms with Gasteiger partial charge in [-0.25, -0.2) is 9.78 Å². The van der Waals surface area contributed by atoms with Gasteiger partial charge in [-0.2, -0.15) is 0 Å². The number of imidazole rings is 1. The van der Waals surface area contributed by atoms with E-state index in [1.165, 1.54) is 7.11 Å². The summed E-state index contributed by atoms with van der Waals surface area (Å²) in [4.78, 5) is 34.5. The van der Waals surface area contributed by atoms with Crippen molar-refractivity contribution in [3.63, 3.8) is 0 Å². The van der Waals surface area contributed by atoms with Crippen molar-refractivity contribution in [3.05, 3.63) is 54.0 Å². The third-order valence-corrected chi connectivity index (χ3v) is 4.83. The number of carbonyl (C=O) groups excluding carboxylic acids is 2. The molecule has 0 aliphatic carbocycles. The maximum absolute atomic E-state index is 13.2. The molecule has 0 spiro atoms. The maximum Gasteiger partial charge on any atom is 0.407 e. The van der Waals surface area contributed by atoms with Gasteiger partial charge in [0, 0.05) is 6.54 Å². The van der Waals surface area contributed by atoms with Crippen LogP contribution in [-0.4, -0.2) is 46.6 Å². The second kappa shape index (κ2) is 8.29. The van der Waals surface area contributed by atoms with E-state index < -0.39 is 12.1 Å². The number of alkyl carbamates (subject to hydrolysis) is 1. The first kappa shape index (κ1) is 19.7. The highest BCUT2D eigenvalue weighted by atomic mass is 16.5. The van der Waals surface area contributed by atoms with E-state index in [2.05, 4.69) is 20.0 Å². The summed E-state index contributed by atoms with van der Waals surface area (Å²) in [5, 5.41) is 2.65. The van der Waals surface area contributed by atoms with Gasteiger partial charge in [0.15, 0.2) is 0 Å². The number of nitrogens with one attached hydrogen (secondary N) is 2. The number of amides is 2. The Hall–Kier alpha value is -3.09. The van der Waals surface area contributed by atoms with Crippen molar-refractivity contribution in [1.29, 1.82) is 0 Å². The number of aromatic nitrogens is 2. The Morgan fingerprint density at radius 1 is 1.29 bits per heavy atom. The Morgan fingerprint density at radius 3 is 2.64 bits per heavy atom. The third-order valence-electron chi connectivity index (χ3n) is 4.83. The number of hydrogen-bond acceptors (Lipinski definition) is 4. The van der Waals surface area contributed by atoms with Gasteiger partial charge in [0.2, 0.25) is 5.91 Å². The van der Waals surface area contributed by atoms with Gasteiger partial charge in [-0.1, -0.05) is 55.8 Å². The number of methoxy groups -OCH3 is 1. The summed E-state index contributed by atoms with van der Waals surface area (Å²) in [5.74, 6) is 0.463. The molecule has 3 rings (SSSR count). The van der Waals surface area contributed by atoms with Gasteiger partial charge in [0.05, 0.1) is 19.0 Å². The van der Waals surface area contributed by atoms with E-state index in [9.17, 15) is 9.59 Å². The van der Waals surface area contributed by atoms with Gasteiger partial charge in [0.25, 0.3) is 0 Å². The van der Waals surface area contributed by atoms with Crippen molar-refractivity contribution in [2.24, 2.45) is 5.92 Å². The van der Waals surface area contributed by atoms with Crippen LogP contribution in [0, 0.1) is 5.92 Å². The summed E-state index contributed by atoms with van der Waals surface area (Å²) in [7, 11) is 1.29. The van der Waals surface area contributed by atoms with Crippen molar-refractivity contribution in [2.45, 2.75) is 32.9 Å². The molecule has 148 valence electrons. The Morgan fingerprint density at radius 2 is 2.00 bits per heavy atom. The second-order valence-corrected chi connectivity index (χ2v) is 7.33. The van der Waals surface area contributed by atoms with E-state index in [0.717, 1.165) is 16.8 Å². The molecule has 0 unspecified atom stereocenters. The van der Waals surface area contributed by atoms with Crippen LogP contribution in [0.15, 0.2) is 48.2 Å². The standard InChI is InChI=1S/C21H26N4O3/c1-13(2)18(24-21(27)28-4)20(26)25-12-14(3)10-17(25)19-22-11-16(23-19)15-8-6-5-7-9-15/h5-11,13,17-18H,12H2,1-4H3,(H,22,23)(H,24,27)/t17-,18-/m0/s1. The van der Waals surface area contributed by atoms with Crippen LogP contribution in [0.2, 0.25) is 0 Å². The molecule has 2 heterocycles. The molecule has 0 fully saturated rings. The number of H-pyrrole nitrogens is 1. The fraction of sp³-hybridized carbons (Fsp3) is 0.381. The highest BCUT2D eigenvalue weighted by Crippen LogP contribution is 2.31. The van der Waals surface area contributed by atoms with Crippen LogP contribution in [0.5, 0.6) is 0 Å². The second-order valence-electron chi connectivity index (χ2n) is 7.33. The van der Waals surface area contributed by atoms with E-state index in [1.807, 2.05) is 57.2 Å². The van der Waals surface area contributed by atoms with Gasteiger partial charge in [0.1, 0.15) is 17.9 Å². The molecule has 1 aliphatic rings. The number of hydrogen-bond donors (Lipinski definition) is 2. The summed E-state index contributed by atoms with van der Waals surface area (Å²) in [6.45, 7) is 6.27. The molecule has 2 N–H and O–H groups in total. The minimum atomic E-state index is -0.669. The summed E-state index contributed by atoms with van der Waals surface area (Å²) < 4.78 is 4.68. The minimum absolute atomic E-state index is 0.0790. The van der Waals surface area contributed by atoms with Crippen LogP contribution in [0.1, 0.15) is 32.6 Å². The molecule has 7 heteroatoms. The Balaban J connectivity index is 1.85. The topological polar surface area (TPSA) is 87.3 Å². The van der Waals surface area contributed by atoms with Crippen molar-refractivity contribution in [1.82, 2.24) is 20.2 Å². The predicted molar refractivity (Wildman–Crippen MR) is 106 cm³/mol. The molecule has 0 saturated heterocycles. The fourth-order valence-corrected chi connectivity index (χ4v) is 3.35. The zero-order chi connectivity index (χ0) is 20.3. The van der Waals surface area contributed by atoms with E-state index >= 15 is 0 Å².